The number of fused-ring (bicyclic) bond motifs is 1. The molecular weight excluding hydrogens is 390 g/mol. The summed E-state index contributed by atoms with van der Waals surface area (Å²) in [6.45, 7) is 3.86. The molecule has 156 valence electrons. The van der Waals surface area contributed by atoms with Crippen molar-refractivity contribution in [1.82, 2.24) is 19.9 Å². The van der Waals surface area contributed by atoms with E-state index in [1.54, 1.807) is 16.6 Å². The van der Waals surface area contributed by atoms with Gasteiger partial charge in [0.05, 0.1) is 5.92 Å². The largest absolute Gasteiger partial charge is 0.508 e. The number of carbonyl (C=O) groups excluding carboxylic acids is 1. The van der Waals surface area contributed by atoms with Crippen LogP contribution in [0.4, 0.5) is 5.82 Å². The maximum atomic E-state index is 12.5. The zero-order valence-corrected chi connectivity index (χ0v) is 17.2. The number of phenols is 1. The van der Waals surface area contributed by atoms with Crippen LogP contribution in [-0.4, -0.2) is 38.7 Å². The molecule has 0 spiro atoms. The molecule has 0 unspecified atom stereocenters. The Balaban J connectivity index is 1.26. The number of nitrogens with one attached hydrogen (secondary N) is 1. The Labute approximate surface area is 180 Å². The first kappa shape index (κ1) is 19.1. The van der Waals surface area contributed by atoms with Crippen LogP contribution in [0.3, 0.4) is 0 Å². The molecule has 1 aliphatic rings. The second-order valence-corrected chi connectivity index (χ2v) is 7.99. The standard InChI is InChI=1S/C24H23N5O2/c1-16-2-4-17(5-3-16)11-25-24(31)20-12-28(13-20)23-22-10-19(14-29(22)27-15-26-23)18-6-8-21(30)9-7-18/h2-10,14-15,20,30H,11-13H2,1H3,(H,25,31). The predicted octanol–water partition coefficient (Wildman–Crippen LogP) is 3.16. The lowest BCUT2D eigenvalue weighted by Gasteiger charge is -2.39. The van der Waals surface area contributed by atoms with Gasteiger partial charge in [0, 0.05) is 31.4 Å². The minimum absolute atomic E-state index is 0.0491. The van der Waals surface area contributed by atoms with Crippen LogP contribution in [0.5, 0.6) is 5.75 Å². The highest BCUT2D eigenvalue weighted by Crippen LogP contribution is 2.31. The van der Waals surface area contributed by atoms with E-state index in [9.17, 15) is 9.90 Å². The fraction of sp³-hybridized carbons (Fsp3) is 0.208. The Morgan fingerprint density at radius 1 is 1.10 bits per heavy atom. The normalized spacial score (nSPS) is 13.9. The minimum atomic E-state index is -0.0491. The third kappa shape index (κ3) is 3.82. The molecule has 7 heteroatoms. The summed E-state index contributed by atoms with van der Waals surface area (Å²) in [5.74, 6) is 1.08. The first-order valence-electron chi connectivity index (χ1n) is 10.3. The van der Waals surface area contributed by atoms with E-state index in [1.165, 1.54) is 11.9 Å². The summed E-state index contributed by atoms with van der Waals surface area (Å²) in [5.41, 5.74) is 5.19. The molecule has 0 aliphatic carbocycles. The Morgan fingerprint density at radius 2 is 1.84 bits per heavy atom. The van der Waals surface area contributed by atoms with E-state index in [-0.39, 0.29) is 17.6 Å². The SMILES string of the molecule is Cc1ccc(CNC(=O)C2CN(c3ncnn4cc(-c5ccc(O)cc5)cc34)C2)cc1. The zero-order valence-electron chi connectivity index (χ0n) is 17.2. The van der Waals surface area contributed by atoms with Crippen molar-refractivity contribution in [1.29, 1.82) is 0 Å². The smallest absolute Gasteiger partial charge is 0.226 e. The van der Waals surface area contributed by atoms with Crippen molar-refractivity contribution in [2.75, 3.05) is 18.0 Å². The minimum Gasteiger partial charge on any atom is -0.508 e. The van der Waals surface area contributed by atoms with Crippen LogP contribution >= 0.6 is 0 Å². The number of amides is 1. The molecule has 0 bridgehead atoms. The first-order chi connectivity index (χ1) is 15.1. The molecule has 2 aromatic carbocycles. The van der Waals surface area contributed by atoms with Crippen molar-refractivity contribution >= 4 is 17.2 Å². The Morgan fingerprint density at radius 3 is 2.58 bits per heavy atom. The van der Waals surface area contributed by atoms with Gasteiger partial charge in [-0.3, -0.25) is 4.79 Å². The maximum Gasteiger partial charge on any atom is 0.226 e. The lowest BCUT2D eigenvalue weighted by atomic mass is 9.99. The number of carbonyl (C=O) groups is 1. The molecule has 2 N–H and O–H groups in total. The molecule has 5 rings (SSSR count). The number of benzene rings is 2. The highest BCUT2D eigenvalue weighted by molar-refractivity contribution is 5.84. The van der Waals surface area contributed by atoms with Crippen LogP contribution in [0.1, 0.15) is 11.1 Å². The van der Waals surface area contributed by atoms with Crippen molar-refractivity contribution < 1.29 is 9.90 Å². The molecule has 0 atom stereocenters. The number of aromatic nitrogens is 3. The van der Waals surface area contributed by atoms with Gasteiger partial charge in [-0.15, -0.1) is 0 Å². The third-order valence-electron chi connectivity index (χ3n) is 5.73. The summed E-state index contributed by atoms with van der Waals surface area (Å²) in [5, 5.41) is 16.9. The summed E-state index contributed by atoms with van der Waals surface area (Å²) in [4.78, 5) is 19.1. The second kappa shape index (κ2) is 7.75. The molecule has 0 saturated carbocycles. The molecule has 3 heterocycles. The summed E-state index contributed by atoms with van der Waals surface area (Å²) in [7, 11) is 0. The molecule has 31 heavy (non-hydrogen) atoms. The van der Waals surface area contributed by atoms with Gasteiger partial charge in [0.25, 0.3) is 0 Å². The summed E-state index contributed by atoms with van der Waals surface area (Å²) in [6, 6.07) is 17.3. The van der Waals surface area contributed by atoms with Crippen molar-refractivity contribution in [3.63, 3.8) is 0 Å². The number of hydrogen-bond donors (Lipinski definition) is 2. The van der Waals surface area contributed by atoms with Gasteiger partial charge in [-0.25, -0.2) is 9.50 Å². The molecule has 0 radical (unpaired) electrons. The summed E-state index contributed by atoms with van der Waals surface area (Å²) in [6.07, 6.45) is 3.48. The fourth-order valence-electron chi connectivity index (χ4n) is 3.83. The number of aromatic hydroxyl groups is 1. The van der Waals surface area contributed by atoms with Gasteiger partial charge in [0.1, 0.15) is 17.6 Å². The monoisotopic (exact) mass is 413 g/mol. The average Bonchev–Trinajstić information content (AvgIpc) is 3.18. The van der Waals surface area contributed by atoms with E-state index in [4.69, 9.17) is 0 Å². The summed E-state index contributed by atoms with van der Waals surface area (Å²) >= 11 is 0. The molecule has 1 saturated heterocycles. The van der Waals surface area contributed by atoms with Gasteiger partial charge in [-0.05, 0) is 36.2 Å². The predicted molar refractivity (Wildman–Crippen MR) is 119 cm³/mol. The molecule has 7 nitrogen and oxygen atoms in total. The van der Waals surface area contributed by atoms with Crippen LogP contribution in [0.25, 0.3) is 16.6 Å². The van der Waals surface area contributed by atoms with Crippen LogP contribution < -0.4 is 10.2 Å². The number of rotatable bonds is 5. The molecule has 1 fully saturated rings. The maximum absolute atomic E-state index is 12.5. The fourth-order valence-corrected chi connectivity index (χ4v) is 3.83. The molecule has 1 amide bonds. The zero-order chi connectivity index (χ0) is 21.4. The highest BCUT2D eigenvalue weighted by atomic mass is 16.3. The van der Waals surface area contributed by atoms with E-state index in [0.29, 0.717) is 19.6 Å². The van der Waals surface area contributed by atoms with E-state index in [2.05, 4.69) is 32.4 Å². The van der Waals surface area contributed by atoms with Crippen molar-refractivity contribution in [2.24, 2.45) is 5.92 Å². The van der Waals surface area contributed by atoms with E-state index < -0.39 is 0 Å². The third-order valence-corrected chi connectivity index (χ3v) is 5.73. The van der Waals surface area contributed by atoms with Crippen LogP contribution in [-0.2, 0) is 11.3 Å². The number of aryl methyl sites for hydroxylation is 1. The average molecular weight is 413 g/mol. The Bertz CT molecular complexity index is 1230. The van der Waals surface area contributed by atoms with Crippen molar-refractivity contribution in [3.8, 4) is 16.9 Å². The van der Waals surface area contributed by atoms with Gasteiger partial charge in [-0.1, -0.05) is 42.0 Å². The lowest BCUT2D eigenvalue weighted by molar-refractivity contribution is -0.125. The highest BCUT2D eigenvalue weighted by Gasteiger charge is 2.34. The van der Waals surface area contributed by atoms with Crippen LogP contribution in [0, 0.1) is 12.8 Å². The second-order valence-electron chi connectivity index (χ2n) is 7.99. The first-order valence-corrected chi connectivity index (χ1v) is 10.3. The molecule has 2 aromatic heterocycles. The van der Waals surface area contributed by atoms with Gasteiger partial charge in [0.15, 0.2) is 5.82 Å². The van der Waals surface area contributed by atoms with Crippen LogP contribution in [0.15, 0.2) is 67.1 Å². The number of nitrogens with zero attached hydrogens (tertiary/aromatic N) is 4. The topological polar surface area (TPSA) is 82.8 Å². The Hall–Kier alpha value is -3.87. The van der Waals surface area contributed by atoms with E-state index in [1.807, 2.05) is 43.5 Å². The summed E-state index contributed by atoms with van der Waals surface area (Å²) < 4.78 is 1.80. The lowest BCUT2D eigenvalue weighted by Crippen LogP contribution is -2.54. The number of anilines is 1. The van der Waals surface area contributed by atoms with Gasteiger partial charge in [-0.2, -0.15) is 5.10 Å². The number of hydrogen-bond acceptors (Lipinski definition) is 5. The molecule has 4 aromatic rings. The molecule has 1 aliphatic heterocycles. The molecular formula is C24H23N5O2. The van der Waals surface area contributed by atoms with Crippen molar-refractivity contribution in [2.45, 2.75) is 13.5 Å². The quantitative estimate of drug-likeness (QED) is 0.525. The van der Waals surface area contributed by atoms with Crippen molar-refractivity contribution in [3.05, 3.63) is 78.2 Å². The van der Waals surface area contributed by atoms with Gasteiger partial charge < -0.3 is 15.3 Å². The van der Waals surface area contributed by atoms with E-state index >= 15 is 0 Å². The number of phenolic OH excluding ortho intramolecular Hbond substituents is 1. The van der Waals surface area contributed by atoms with Gasteiger partial charge >= 0.3 is 0 Å². The van der Waals surface area contributed by atoms with E-state index in [0.717, 1.165) is 28.0 Å². The Kier molecular flexibility index (Phi) is 4.78. The van der Waals surface area contributed by atoms with Gasteiger partial charge in [0.2, 0.25) is 5.91 Å². The van der Waals surface area contributed by atoms with Crippen LogP contribution in [0.2, 0.25) is 0 Å².